The maximum absolute atomic E-state index is 9.48. The first-order valence-corrected chi connectivity index (χ1v) is 16.5. The van der Waals surface area contributed by atoms with Crippen LogP contribution in [0.5, 0.6) is 0 Å². The normalized spacial score (nSPS) is 19.5. The lowest BCUT2D eigenvalue weighted by Gasteiger charge is -2.12. The first kappa shape index (κ1) is 18.9. The average Bonchev–Trinajstić information content (AvgIpc) is 3.89. The fourth-order valence-corrected chi connectivity index (χ4v) is 6.97. The zero-order valence-corrected chi connectivity index (χ0v) is 27.0. The number of fused-ring (bicyclic) bond motifs is 8. The van der Waals surface area contributed by atoms with Gasteiger partial charge in [-0.15, -0.1) is 0 Å². The van der Waals surface area contributed by atoms with E-state index >= 15 is 0 Å². The molecule has 11 rings (SSSR count). The maximum Gasteiger partial charge on any atom is 0.164 e. The summed E-state index contributed by atoms with van der Waals surface area (Å²) in [6, 6.07) is 22.2. The Morgan fingerprint density at radius 3 is 2.23 bits per heavy atom. The summed E-state index contributed by atoms with van der Waals surface area (Å²) in [6.45, 7) is 0. The first-order chi connectivity index (χ1) is 31.2. The largest absolute Gasteiger partial charge is 0.456 e. The average molecular weight is 680 g/mol. The van der Waals surface area contributed by atoms with Gasteiger partial charge in [0.1, 0.15) is 11.0 Å². The van der Waals surface area contributed by atoms with E-state index in [-0.39, 0.29) is 66.7 Å². The minimum Gasteiger partial charge on any atom is -0.456 e. The smallest absolute Gasteiger partial charge is 0.164 e. The van der Waals surface area contributed by atoms with Crippen molar-refractivity contribution in [3.05, 3.63) is 168 Å². The van der Waals surface area contributed by atoms with Crippen LogP contribution in [0.1, 0.15) is 36.4 Å². The van der Waals surface area contributed by atoms with Crippen LogP contribution < -0.4 is 10.6 Å². The van der Waals surface area contributed by atoms with Crippen molar-refractivity contribution in [1.82, 2.24) is 19.5 Å². The second-order valence-electron chi connectivity index (χ2n) is 12.4. The highest BCUT2D eigenvalue weighted by atomic mass is 16.3. The van der Waals surface area contributed by atoms with Crippen molar-refractivity contribution in [2.75, 3.05) is 0 Å². The van der Waals surface area contributed by atoms with E-state index < -0.39 is 73.2 Å². The molecule has 0 bridgehead atoms. The van der Waals surface area contributed by atoms with Crippen LogP contribution in [0, 0.1) is 0 Å². The van der Waals surface area contributed by atoms with Crippen LogP contribution in [0.2, 0.25) is 0 Å². The molecule has 0 saturated heterocycles. The van der Waals surface area contributed by atoms with E-state index in [9.17, 15) is 4.11 Å². The van der Waals surface area contributed by atoms with Crippen molar-refractivity contribution in [2.45, 2.75) is 12.8 Å². The van der Waals surface area contributed by atoms with Gasteiger partial charge in [-0.3, -0.25) is 0 Å². The van der Waals surface area contributed by atoms with E-state index in [4.69, 9.17) is 33.1 Å². The lowest BCUT2D eigenvalue weighted by molar-refractivity contribution is 0.571. The third-order valence-corrected chi connectivity index (χ3v) is 9.36. The van der Waals surface area contributed by atoms with Gasteiger partial charge in [-0.25, -0.2) is 15.0 Å². The lowest BCUT2D eigenvalue weighted by Crippen LogP contribution is -2.27. The monoisotopic (exact) mass is 679 g/mol. The van der Waals surface area contributed by atoms with Crippen molar-refractivity contribution in [2.24, 2.45) is 0 Å². The second kappa shape index (κ2) is 11.3. The summed E-state index contributed by atoms with van der Waals surface area (Å²) in [7, 11) is 0. The predicted octanol–water partition coefficient (Wildman–Crippen LogP) is 10.1. The summed E-state index contributed by atoms with van der Waals surface area (Å²) in [5, 5.41) is 1.97. The molecule has 0 radical (unpaired) electrons. The standard InChI is InChI=1S/C47H30N4O/c1-2-12-30(13-3-1)45-48-46(34-22-21-29-11-4-5-14-31(29)25-34)50-47(49-45)38-18-10-20-42-44(38)37-24-23-35(28-43(37)52-42)51-40-19-9-8-17-36(40)39-26-32-15-6-7-16-33(32)27-41(39)51/h1-9,11-17,19-28H,10,18H2/i6D,7D,8D,9D,10D,15D,16D,17D,18D,19D,20D,26D,27D. The number of benzene rings is 7. The Balaban J connectivity index is 1.23. The Bertz CT molecular complexity index is 3910. The van der Waals surface area contributed by atoms with Gasteiger partial charge in [-0.05, 0) is 76.7 Å². The van der Waals surface area contributed by atoms with Gasteiger partial charge in [0.15, 0.2) is 17.5 Å². The van der Waals surface area contributed by atoms with Crippen LogP contribution in [0.15, 0.2) is 156 Å². The summed E-state index contributed by atoms with van der Waals surface area (Å²) in [5.41, 5.74) is 1.76. The molecule has 0 aliphatic heterocycles. The maximum atomic E-state index is 9.48. The number of hydrogen-bond donors (Lipinski definition) is 0. The van der Waals surface area contributed by atoms with Gasteiger partial charge in [-0.2, -0.15) is 0 Å². The van der Waals surface area contributed by atoms with Crippen LogP contribution in [-0.2, 0) is 0 Å². The van der Waals surface area contributed by atoms with Gasteiger partial charge < -0.3 is 8.98 Å². The molecule has 5 heteroatoms. The minimum atomic E-state index is -1.41. The lowest BCUT2D eigenvalue weighted by atomic mass is 10.00. The van der Waals surface area contributed by atoms with E-state index in [1.807, 2.05) is 72.8 Å². The molecule has 244 valence electrons. The van der Waals surface area contributed by atoms with Crippen LogP contribution in [-0.4, -0.2) is 19.5 Å². The van der Waals surface area contributed by atoms with E-state index in [0.717, 1.165) is 10.8 Å². The van der Waals surface area contributed by atoms with Crippen LogP contribution >= 0.6 is 0 Å². The van der Waals surface area contributed by atoms with Gasteiger partial charge in [0.05, 0.1) is 26.1 Å². The number of aromatic nitrogens is 4. The van der Waals surface area contributed by atoms with Gasteiger partial charge >= 0.3 is 0 Å². The highest BCUT2D eigenvalue weighted by Gasteiger charge is 2.20. The first-order valence-electron chi connectivity index (χ1n) is 23.2. The van der Waals surface area contributed by atoms with Crippen molar-refractivity contribution in [3.63, 3.8) is 0 Å². The number of furan rings is 1. The molecule has 3 aromatic heterocycles. The molecule has 2 unspecified atom stereocenters. The van der Waals surface area contributed by atoms with E-state index in [2.05, 4.69) is 0 Å². The molecule has 52 heavy (non-hydrogen) atoms. The highest BCUT2D eigenvalue weighted by molar-refractivity contribution is 6.13. The fraction of sp³-hybridized carbons (Fsp3) is 0.0426. The summed E-state index contributed by atoms with van der Waals surface area (Å²) >= 11 is 0. The zero-order chi connectivity index (χ0) is 45.5. The molecule has 7 aromatic carbocycles. The molecule has 5 nitrogen and oxygen atoms in total. The van der Waals surface area contributed by atoms with E-state index in [1.165, 1.54) is 10.6 Å². The third kappa shape index (κ3) is 4.53. The molecule has 0 N–H and O–H groups in total. The van der Waals surface area contributed by atoms with Crippen LogP contribution in [0.3, 0.4) is 0 Å². The van der Waals surface area contributed by atoms with Crippen LogP contribution in [0.4, 0.5) is 0 Å². The molecule has 0 amide bonds. The molecular formula is C47H30N4O. The number of para-hydroxylation sites is 1. The topological polar surface area (TPSA) is 56.7 Å². The molecule has 0 spiro atoms. The minimum absolute atomic E-state index is 0.00494. The Morgan fingerprint density at radius 1 is 0.596 bits per heavy atom. The number of hydrogen-bond acceptors (Lipinski definition) is 4. The molecule has 0 fully saturated rings. The van der Waals surface area contributed by atoms with Crippen molar-refractivity contribution >= 4 is 65.9 Å². The summed E-state index contributed by atoms with van der Waals surface area (Å²) < 4.78 is 124. The SMILES string of the molecule is [2H]C1=c2oc3cc(-n4c5c([2H])c([2H])c([2H])c([2H])c5c5c([2H])c6c([2H])c([2H])c([2H])c([2H])c6c([2H])c54)ccc3c2=C(c2nc(-c3ccccc3)nc(-c3ccc4ccccc4c3)n2)C([2H])C1[2H]. The van der Waals surface area contributed by atoms with Gasteiger partial charge in [0, 0.05) is 52.6 Å². The molecule has 1 aliphatic carbocycles. The summed E-state index contributed by atoms with van der Waals surface area (Å²) in [4.78, 5) is 14.7. The Morgan fingerprint density at radius 2 is 1.35 bits per heavy atom. The number of nitrogens with zero attached hydrogens (tertiary/aromatic N) is 4. The molecule has 0 saturated carbocycles. The van der Waals surface area contributed by atoms with E-state index in [1.54, 1.807) is 12.1 Å². The summed E-state index contributed by atoms with van der Waals surface area (Å²) in [5.74, 6) is 0.758. The van der Waals surface area contributed by atoms with E-state index in [0.29, 0.717) is 33.4 Å². The van der Waals surface area contributed by atoms with Crippen molar-refractivity contribution < 1.29 is 22.2 Å². The summed E-state index contributed by atoms with van der Waals surface area (Å²) in [6.07, 6.45) is -2.76. The Kier molecular flexibility index (Phi) is 4.13. The highest BCUT2D eigenvalue weighted by Crippen LogP contribution is 2.36. The quantitative estimate of drug-likeness (QED) is 0.186. The fourth-order valence-electron chi connectivity index (χ4n) is 6.97. The molecule has 1 aliphatic rings. The van der Waals surface area contributed by atoms with Crippen LogP contribution in [0.25, 0.3) is 94.4 Å². The van der Waals surface area contributed by atoms with Gasteiger partial charge in [-0.1, -0.05) is 109 Å². The zero-order valence-electron chi connectivity index (χ0n) is 40.0. The van der Waals surface area contributed by atoms with Gasteiger partial charge in [0.25, 0.3) is 0 Å². The van der Waals surface area contributed by atoms with Crippen molar-refractivity contribution in [3.8, 4) is 28.5 Å². The molecule has 10 aromatic rings. The van der Waals surface area contributed by atoms with Gasteiger partial charge in [0.2, 0.25) is 0 Å². The molecular weight excluding hydrogens is 637 g/mol. The Labute approximate surface area is 316 Å². The second-order valence-corrected chi connectivity index (χ2v) is 12.4. The predicted molar refractivity (Wildman–Crippen MR) is 212 cm³/mol. The third-order valence-electron chi connectivity index (χ3n) is 9.36. The molecule has 2 atom stereocenters. The Hall–Kier alpha value is -6.85. The molecule has 3 heterocycles. The number of rotatable bonds is 4. The van der Waals surface area contributed by atoms with Crippen molar-refractivity contribution in [1.29, 1.82) is 0 Å².